The molecule has 1 amide bonds. The van der Waals surface area contributed by atoms with Gasteiger partial charge in [0.05, 0.1) is 29.7 Å². The molecule has 0 fully saturated rings. The van der Waals surface area contributed by atoms with Gasteiger partial charge in [-0.25, -0.2) is 8.42 Å². The summed E-state index contributed by atoms with van der Waals surface area (Å²) in [6.07, 6.45) is 2.39. The summed E-state index contributed by atoms with van der Waals surface area (Å²) in [7, 11) is -3.82. The molecule has 0 unspecified atom stereocenters. The number of carbonyl (C=O) groups is 1. The van der Waals surface area contributed by atoms with Crippen LogP contribution in [0.15, 0.2) is 41.0 Å². The van der Waals surface area contributed by atoms with Crippen molar-refractivity contribution >= 4 is 27.3 Å². The van der Waals surface area contributed by atoms with Crippen LogP contribution in [0, 0.1) is 17.0 Å². The van der Waals surface area contributed by atoms with E-state index in [1.807, 2.05) is 0 Å². The van der Waals surface area contributed by atoms with Gasteiger partial charge >= 0.3 is 0 Å². The maximum absolute atomic E-state index is 12.1. The van der Waals surface area contributed by atoms with Gasteiger partial charge in [0.15, 0.2) is 0 Å². The highest BCUT2D eigenvalue weighted by Gasteiger charge is 2.24. The summed E-state index contributed by atoms with van der Waals surface area (Å²) < 4.78 is 30.1. The Kier molecular flexibility index (Phi) is 5.42. The number of nitrogens with zero attached hydrogens (tertiary/aromatic N) is 2. The zero-order chi connectivity index (χ0) is 18.6. The zero-order valence-electron chi connectivity index (χ0n) is 13.6. The summed E-state index contributed by atoms with van der Waals surface area (Å²) in [5.74, 6) is -0.0430. The van der Waals surface area contributed by atoms with E-state index in [0.29, 0.717) is 11.3 Å². The lowest BCUT2D eigenvalue weighted by atomic mass is 10.2. The van der Waals surface area contributed by atoms with E-state index in [1.165, 1.54) is 18.4 Å². The van der Waals surface area contributed by atoms with Crippen LogP contribution in [0.5, 0.6) is 0 Å². The van der Waals surface area contributed by atoms with Crippen LogP contribution in [0.2, 0.25) is 0 Å². The molecule has 0 saturated carbocycles. The Morgan fingerprint density at radius 3 is 2.64 bits per heavy atom. The molecule has 0 atom stereocenters. The smallest absolute Gasteiger partial charge is 0.271 e. The number of nitro groups is 1. The minimum Gasteiger partial charge on any atom is -0.467 e. The first-order chi connectivity index (χ1) is 11.7. The van der Waals surface area contributed by atoms with Crippen molar-refractivity contribution in [3.8, 4) is 0 Å². The van der Waals surface area contributed by atoms with E-state index in [4.69, 9.17) is 4.42 Å². The third-order valence-electron chi connectivity index (χ3n) is 3.40. The van der Waals surface area contributed by atoms with Gasteiger partial charge in [-0.15, -0.1) is 0 Å². The van der Waals surface area contributed by atoms with E-state index in [1.54, 1.807) is 19.1 Å². The van der Waals surface area contributed by atoms with Gasteiger partial charge in [0.2, 0.25) is 15.9 Å². The van der Waals surface area contributed by atoms with Gasteiger partial charge in [-0.3, -0.25) is 19.2 Å². The molecular weight excluding hydrogens is 350 g/mol. The van der Waals surface area contributed by atoms with E-state index < -0.39 is 27.4 Å². The van der Waals surface area contributed by atoms with Crippen LogP contribution in [-0.2, 0) is 21.4 Å². The molecule has 0 bridgehead atoms. The molecular formula is C15H17N3O6S. The van der Waals surface area contributed by atoms with Crippen LogP contribution in [0.3, 0.4) is 0 Å². The lowest BCUT2D eigenvalue weighted by molar-refractivity contribution is -0.384. The number of non-ortho nitro benzene ring substituents is 1. The summed E-state index contributed by atoms with van der Waals surface area (Å²) in [5.41, 5.74) is 0.324. The minimum atomic E-state index is -3.82. The van der Waals surface area contributed by atoms with Crippen molar-refractivity contribution < 1.29 is 22.6 Å². The zero-order valence-corrected chi connectivity index (χ0v) is 14.4. The molecule has 25 heavy (non-hydrogen) atoms. The number of nitrogens with one attached hydrogen (secondary N) is 1. The molecule has 1 heterocycles. The Morgan fingerprint density at radius 1 is 1.36 bits per heavy atom. The molecule has 2 aromatic rings. The van der Waals surface area contributed by atoms with Crippen LogP contribution in [-0.4, -0.2) is 32.0 Å². The second-order valence-electron chi connectivity index (χ2n) is 5.35. The van der Waals surface area contributed by atoms with Crippen LogP contribution in [0.25, 0.3) is 0 Å². The summed E-state index contributed by atoms with van der Waals surface area (Å²) in [5, 5.41) is 13.5. The topological polar surface area (TPSA) is 123 Å². The molecule has 0 aliphatic rings. The number of furan rings is 1. The van der Waals surface area contributed by atoms with Crippen molar-refractivity contribution in [1.29, 1.82) is 0 Å². The van der Waals surface area contributed by atoms with Gasteiger partial charge in [0.1, 0.15) is 12.3 Å². The minimum absolute atomic E-state index is 0.0878. The maximum Gasteiger partial charge on any atom is 0.271 e. The molecule has 0 radical (unpaired) electrons. The van der Waals surface area contributed by atoms with Gasteiger partial charge in [0, 0.05) is 12.1 Å². The van der Waals surface area contributed by atoms with Crippen molar-refractivity contribution in [3.63, 3.8) is 0 Å². The van der Waals surface area contributed by atoms with Crippen molar-refractivity contribution in [1.82, 2.24) is 5.32 Å². The maximum atomic E-state index is 12.1. The second-order valence-corrected chi connectivity index (χ2v) is 7.26. The van der Waals surface area contributed by atoms with Gasteiger partial charge in [0.25, 0.3) is 5.69 Å². The van der Waals surface area contributed by atoms with Crippen LogP contribution < -0.4 is 9.62 Å². The molecule has 0 aliphatic heterocycles. The van der Waals surface area contributed by atoms with Crippen molar-refractivity contribution in [3.05, 3.63) is 58.0 Å². The number of amides is 1. The van der Waals surface area contributed by atoms with Crippen molar-refractivity contribution in [2.45, 2.75) is 13.5 Å². The van der Waals surface area contributed by atoms with E-state index in [-0.39, 0.29) is 17.9 Å². The number of anilines is 1. The number of carbonyl (C=O) groups excluding carboxylic acids is 1. The van der Waals surface area contributed by atoms with E-state index >= 15 is 0 Å². The van der Waals surface area contributed by atoms with E-state index in [0.717, 1.165) is 16.6 Å². The number of benzene rings is 1. The molecule has 9 nitrogen and oxygen atoms in total. The van der Waals surface area contributed by atoms with Gasteiger partial charge in [-0.1, -0.05) is 6.07 Å². The SMILES string of the molecule is Cc1ccc([N+](=O)[O-])cc1N(CC(=O)NCc1ccco1)S(C)(=O)=O. The highest BCUT2D eigenvalue weighted by Crippen LogP contribution is 2.27. The molecule has 0 saturated heterocycles. The Labute approximate surface area is 144 Å². The first-order valence-corrected chi connectivity index (χ1v) is 9.05. The molecule has 10 heteroatoms. The normalized spacial score (nSPS) is 11.1. The van der Waals surface area contributed by atoms with Crippen LogP contribution >= 0.6 is 0 Å². The third-order valence-corrected chi connectivity index (χ3v) is 4.53. The predicted molar refractivity (Wildman–Crippen MR) is 90.6 cm³/mol. The third kappa shape index (κ3) is 4.80. The lowest BCUT2D eigenvalue weighted by Gasteiger charge is -2.23. The first-order valence-electron chi connectivity index (χ1n) is 7.20. The lowest BCUT2D eigenvalue weighted by Crippen LogP contribution is -2.40. The summed E-state index contributed by atoms with van der Waals surface area (Å²) >= 11 is 0. The first kappa shape index (κ1) is 18.5. The number of aryl methyl sites for hydroxylation is 1. The van der Waals surface area contributed by atoms with Gasteiger partial charge < -0.3 is 9.73 Å². The summed E-state index contributed by atoms with van der Waals surface area (Å²) in [6.45, 7) is 1.22. The van der Waals surface area contributed by atoms with Gasteiger partial charge in [-0.05, 0) is 24.6 Å². The Balaban J connectivity index is 2.24. The average molecular weight is 367 g/mol. The molecule has 0 spiro atoms. The van der Waals surface area contributed by atoms with Crippen molar-refractivity contribution in [2.24, 2.45) is 0 Å². The second kappa shape index (κ2) is 7.34. The monoisotopic (exact) mass is 367 g/mol. The fraction of sp³-hybridized carbons (Fsp3) is 0.267. The molecule has 0 aliphatic carbocycles. The largest absolute Gasteiger partial charge is 0.467 e. The van der Waals surface area contributed by atoms with E-state index in [2.05, 4.69) is 5.32 Å². The molecule has 1 aromatic heterocycles. The Hall–Kier alpha value is -2.88. The van der Waals surface area contributed by atoms with Crippen molar-refractivity contribution in [2.75, 3.05) is 17.1 Å². The molecule has 2 rings (SSSR count). The summed E-state index contributed by atoms with van der Waals surface area (Å²) in [4.78, 5) is 22.4. The standard InChI is InChI=1S/C15H17N3O6S/c1-11-5-6-12(18(20)21)8-14(11)17(25(2,22)23)10-15(19)16-9-13-4-3-7-24-13/h3-8H,9-10H2,1-2H3,(H,16,19). The molecule has 1 N–H and O–H groups in total. The van der Waals surface area contributed by atoms with Crippen LogP contribution in [0.1, 0.15) is 11.3 Å². The number of nitro benzene ring substituents is 1. The van der Waals surface area contributed by atoms with E-state index in [9.17, 15) is 23.3 Å². The number of sulfonamides is 1. The van der Waals surface area contributed by atoms with Gasteiger partial charge in [-0.2, -0.15) is 0 Å². The highest BCUT2D eigenvalue weighted by atomic mass is 32.2. The quantitative estimate of drug-likeness (QED) is 0.585. The van der Waals surface area contributed by atoms with Crippen LogP contribution in [0.4, 0.5) is 11.4 Å². The molecule has 1 aromatic carbocycles. The fourth-order valence-corrected chi connectivity index (χ4v) is 3.05. The number of rotatable bonds is 7. The number of hydrogen-bond donors (Lipinski definition) is 1. The predicted octanol–water partition coefficient (Wildman–Crippen LogP) is 1.58. The Bertz CT molecular complexity index is 877. The number of hydrogen-bond acceptors (Lipinski definition) is 6. The molecule has 134 valence electrons. The Morgan fingerprint density at radius 2 is 2.08 bits per heavy atom. The average Bonchev–Trinajstić information content (AvgIpc) is 3.03. The highest BCUT2D eigenvalue weighted by molar-refractivity contribution is 7.92. The fourth-order valence-electron chi connectivity index (χ4n) is 2.15. The summed E-state index contributed by atoms with van der Waals surface area (Å²) in [6, 6.07) is 7.18.